The Hall–Kier alpha value is -0.420. The molecule has 0 saturated carbocycles. The minimum absolute atomic E-state index is 0.0466. The summed E-state index contributed by atoms with van der Waals surface area (Å²) in [6.07, 6.45) is 0.842. The fraction of sp³-hybridized carbons (Fsp3) is 0.857. The summed E-state index contributed by atoms with van der Waals surface area (Å²) < 4.78 is 28.9. The van der Waals surface area contributed by atoms with Gasteiger partial charge in [-0.15, -0.1) is 0 Å². The molecule has 0 aromatic heterocycles. The molecule has 0 spiro atoms. The van der Waals surface area contributed by atoms with E-state index in [1.54, 1.807) is 6.92 Å². The topological polar surface area (TPSA) is 71.4 Å². The maximum atomic E-state index is 10.7. The number of Topliss-reactive ketones (excluding diaryl/α,β-unsaturated/α-hetero) is 1. The molecule has 0 heterocycles. The third-order valence-corrected chi connectivity index (χ3v) is 2.54. The molecule has 1 N–H and O–H groups in total. The van der Waals surface area contributed by atoms with Crippen molar-refractivity contribution in [2.24, 2.45) is 5.92 Å². The second-order valence-corrected chi connectivity index (χ2v) is 4.51. The lowest BCUT2D eigenvalue weighted by molar-refractivity contribution is -0.120. The zero-order chi connectivity index (χ0) is 9.78. The van der Waals surface area contributed by atoms with E-state index in [2.05, 4.69) is 0 Å². The highest BCUT2D eigenvalue weighted by atomic mass is 32.2. The van der Waals surface area contributed by atoms with Crippen molar-refractivity contribution in [2.75, 3.05) is 5.75 Å². The van der Waals surface area contributed by atoms with E-state index in [1.807, 2.05) is 0 Å². The van der Waals surface area contributed by atoms with Crippen molar-refractivity contribution in [1.82, 2.24) is 0 Å². The van der Waals surface area contributed by atoms with Crippen molar-refractivity contribution < 1.29 is 17.8 Å². The van der Waals surface area contributed by atoms with Crippen molar-refractivity contribution in [3.05, 3.63) is 0 Å². The van der Waals surface area contributed by atoms with Crippen LogP contribution in [0.3, 0.4) is 0 Å². The minimum atomic E-state index is -3.86. The predicted octanol–water partition coefficient (Wildman–Crippen LogP) is 0.879. The van der Waals surface area contributed by atoms with Gasteiger partial charge in [0.15, 0.2) is 0 Å². The number of hydrogen-bond donors (Lipinski definition) is 1. The van der Waals surface area contributed by atoms with Gasteiger partial charge in [-0.1, -0.05) is 6.92 Å². The van der Waals surface area contributed by atoms with Gasteiger partial charge in [-0.25, -0.2) is 0 Å². The summed E-state index contributed by atoms with van der Waals surface area (Å²) >= 11 is 0. The first-order chi connectivity index (χ1) is 5.33. The second-order valence-electron chi connectivity index (χ2n) is 2.94. The van der Waals surface area contributed by atoms with E-state index in [4.69, 9.17) is 4.55 Å². The molecular formula is C7H14O4S. The largest absolute Gasteiger partial charge is 0.300 e. The molecule has 0 fully saturated rings. The summed E-state index contributed by atoms with van der Waals surface area (Å²) in [5.74, 6) is -0.331. The highest BCUT2D eigenvalue weighted by Crippen LogP contribution is 2.07. The van der Waals surface area contributed by atoms with Crippen molar-refractivity contribution in [1.29, 1.82) is 0 Å². The van der Waals surface area contributed by atoms with Crippen LogP contribution in [0.2, 0.25) is 0 Å². The van der Waals surface area contributed by atoms with E-state index in [-0.39, 0.29) is 17.5 Å². The van der Waals surface area contributed by atoms with Gasteiger partial charge < -0.3 is 0 Å². The van der Waals surface area contributed by atoms with Gasteiger partial charge in [-0.2, -0.15) is 8.42 Å². The summed E-state index contributed by atoms with van der Waals surface area (Å²) in [5.41, 5.74) is 0. The summed E-state index contributed by atoms with van der Waals surface area (Å²) in [5, 5.41) is 0. The van der Waals surface area contributed by atoms with Gasteiger partial charge in [0.05, 0.1) is 5.75 Å². The molecule has 0 bridgehead atoms. The first kappa shape index (κ1) is 11.6. The van der Waals surface area contributed by atoms with Crippen molar-refractivity contribution in [3.8, 4) is 0 Å². The molecular weight excluding hydrogens is 180 g/mol. The van der Waals surface area contributed by atoms with E-state index in [0.29, 0.717) is 12.8 Å². The minimum Gasteiger partial charge on any atom is -0.300 e. The van der Waals surface area contributed by atoms with Crippen LogP contribution in [0.15, 0.2) is 0 Å². The second kappa shape index (κ2) is 4.57. The molecule has 0 aliphatic carbocycles. The molecule has 72 valence electrons. The number of carbonyl (C=O) groups is 1. The van der Waals surface area contributed by atoms with Crippen molar-refractivity contribution in [2.45, 2.75) is 26.7 Å². The van der Waals surface area contributed by atoms with Gasteiger partial charge in [-0.3, -0.25) is 9.35 Å². The lowest BCUT2D eigenvalue weighted by atomic mass is 10.0. The first-order valence-corrected chi connectivity index (χ1v) is 5.39. The Bertz CT molecular complexity index is 242. The van der Waals surface area contributed by atoms with E-state index in [1.165, 1.54) is 6.92 Å². The summed E-state index contributed by atoms with van der Waals surface area (Å²) in [7, 11) is -3.86. The quantitative estimate of drug-likeness (QED) is 0.659. The standard InChI is InChI=1S/C7H14O4S/c1-6(7(2)8)4-3-5-12(9,10)11/h6H,3-5H2,1-2H3,(H,9,10,11)/t6-/m1/s1. The van der Waals surface area contributed by atoms with Crippen LogP contribution in [0.25, 0.3) is 0 Å². The smallest absolute Gasteiger partial charge is 0.264 e. The van der Waals surface area contributed by atoms with Crippen LogP contribution in [-0.2, 0) is 14.9 Å². The molecule has 0 aliphatic heterocycles. The highest BCUT2D eigenvalue weighted by Gasteiger charge is 2.09. The van der Waals surface area contributed by atoms with Crippen LogP contribution in [0.4, 0.5) is 0 Å². The SMILES string of the molecule is CC(=O)[C@H](C)CCCS(=O)(=O)O. The first-order valence-electron chi connectivity index (χ1n) is 3.78. The van der Waals surface area contributed by atoms with Crippen LogP contribution < -0.4 is 0 Å². The molecule has 0 aromatic carbocycles. The molecule has 5 heteroatoms. The fourth-order valence-electron chi connectivity index (χ4n) is 0.775. The molecule has 1 atom stereocenters. The van der Waals surface area contributed by atoms with E-state index >= 15 is 0 Å². The lowest BCUT2D eigenvalue weighted by Crippen LogP contribution is -2.10. The van der Waals surface area contributed by atoms with Crippen LogP contribution in [0.5, 0.6) is 0 Å². The van der Waals surface area contributed by atoms with Crippen molar-refractivity contribution >= 4 is 15.9 Å². The average Bonchev–Trinajstić information content (AvgIpc) is 1.84. The summed E-state index contributed by atoms with van der Waals surface area (Å²) in [6.45, 7) is 3.21. The molecule has 0 radical (unpaired) electrons. The molecule has 4 nitrogen and oxygen atoms in total. The maximum absolute atomic E-state index is 10.7. The Kier molecular flexibility index (Phi) is 4.41. The normalized spacial score (nSPS) is 14.2. The Morgan fingerprint density at radius 1 is 1.50 bits per heavy atom. The third-order valence-electron chi connectivity index (χ3n) is 1.73. The number of ketones is 1. The van der Waals surface area contributed by atoms with Gasteiger partial charge in [-0.05, 0) is 19.8 Å². The Balaban J connectivity index is 3.65. The van der Waals surface area contributed by atoms with Crippen LogP contribution in [-0.4, -0.2) is 24.5 Å². The predicted molar refractivity (Wildman–Crippen MR) is 45.5 cm³/mol. The van der Waals surface area contributed by atoms with E-state index in [9.17, 15) is 13.2 Å². The monoisotopic (exact) mass is 194 g/mol. The molecule has 0 unspecified atom stereocenters. The molecule has 0 amide bonds. The fourth-order valence-corrected chi connectivity index (χ4v) is 1.31. The Labute approximate surface area is 72.7 Å². The molecule has 0 rings (SSSR count). The van der Waals surface area contributed by atoms with Gasteiger partial charge in [0.1, 0.15) is 5.78 Å². The average molecular weight is 194 g/mol. The van der Waals surface area contributed by atoms with E-state index in [0.717, 1.165) is 0 Å². The molecule has 0 aromatic rings. The van der Waals surface area contributed by atoms with Crippen LogP contribution in [0.1, 0.15) is 26.7 Å². The molecule has 0 saturated heterocycles. The summed E-state index contributed by atoms with van der Waals surface area (Å²) in [6, 6.07) is 0. The van der Waals surface area contributed by atoms with Gasteiger partial charge in [0.2, 0.25) is 0 Å². The van der Waals surface area contributed by atoms with Crippen LogP contribution >= 0.6 is 0 Å². The number of hydrogen-bond acceptors (Lipinski definition) is 3. The highest BCUT2D eigenvalue weighted by molar-refractivity contribution is 7.85. The maximum Gasteiger partial charge on any atom is 0.264 e. The lowest BCUT2D eigenvalue weighted by Gasteiger charge is -2.04. The van der Waals surface area contributed by atoms with E-state index < -0.39 is 10.1 Å². The van der Waals surface area contributed by atoms with Gasteiger partial charge in [0, 0.05) is 5.92 Å². The molecule has 12 heavy (non-hydrogen) atoms. The summed E-state index contributed by atoms with van der Waals surface area (Å²) in [4.78, 5) is 10.7. The molecule has 0 aliphatic rings. The number of rotatable bonds is 5. The zero-order valence-corrected chi connectivity index (χ0v) is 8.10. The third kappa shape index (κ3) is 6.30. The van der Waals surface area contributed by atoms with Crippen LogP contribution in [0, 0.1) is 5.92 Å². The van der Waals surface area contributed by atoms with Crippen molar-refractivity contribution in [3.63, 3.8) is 0 Å². The number of carbonyl (C=O) groups excluding carboxylic acids is 1. The van der Waals surface area contributed by atoms with Gasteiger partial charge in [0.25, 0.3) is 10.1 Å². The Morgan fingerprint density at radius 2 is 2.00 bits per heavy atom. The zero-order valence-electron chi connectivity index (χ0n) is 7.28. The van der Waals surface area contributed by atoms with Gasteiger partial charge >= 0.3 is 0 Å². The Morgan fingerprint density at radius 3 is 2.33 bits per heavy atom.